The van der Waals surface area contributed by atoms with E-state index < -0.39 is 0 Å². The third-order valence-electron chi connectivity index (χ3n) is 4.35. The molecule has 3 rings (SSSR count). The molecule has 2 heterocycles. The van der Waals surface area contributed by atoms with E-state index in [2.05, 4.69) is 36.1 Å². The molecule has 5 nitrogen and oxygen atoms in total. The molecule has 0 spiro atoms. The number of hydrogen-bond donors (Lipinski definition) is 1. The van der Waals surface area contributed by atoms with Gasteiger partial charge < -0.3 is 15.0 Å². The zero-order valence-electron chi connectivity index (χ0n) is 13.4. The van der Waals surface area contributed by atoms with Gasteiger partial charge in [-0.05, 0) is 46.6 Å². The molecule has 1 N–H and O–H groups in total. The van der Waals surface area contributed by atoms with Gasteiger partial charge in [-0.2, -0.15) is 4.98 Å². The van der Waals surface area contributed by atoms with Crippen LogP contribution >= 0.6 is 0 Å². The van der Waals surface area contributed by atoms with Gasteiger partial charge >= 0.3 is 0 Å². The first-order chi connectivity index (χ1) is 10.2. The van der Waals surface area contributed by atoms with Crippen molar-refractivity contribution in [3.05, 3.63) is 11.4 Å². The third-order valence-corrected chi connectivity index (χ3v) is 4.35. The number of ether oxygens (including phenoxy) is 1. The second-order valence-corrected chi connectivity index (χ2v) is 6.29. The van der Waals surface area contributed by atoms with Crippen LogP contribution in [0.25, 0.3) is 0 Å². The van der Waals surface area contributed by atoms with Gasteiger partial charge in [0, 0.05) is 25.6 Å². The Balaban J connectivity index is 1.79. The van der Waals surface area contributed by atoms with Crippen molar-refractivity contribution in [2.45, 2.75) is 51.6 Å². The highest BCUT2D eigenvalue weighted by atomic mass is 16.5. The van der Waals surface area contributed by atoms with Crippen molar-refractivity contribution in [1.29, 1.82) is 0 Å². The highest BCUT2D eigenvalue weighted by Gasteiger charge is 2.29. The summed E-state index contributed by atoms with van der Waals surface area (Å²) in [6.45, 7) is 7.22. The fourth-order valence-corrected chi connectivity index (χ4v) is 2.75. The zero-order chi connectivity index (χ0) is 14.8. The first kappa shape index (κ1) is 14.6. The zero-order valence-corrected chi connectivity index (χ0v) is 13.4. The molecule has 116 valence electrons. The van der Waals surface area contributed by atoms with Gasteiger partial charge in [0.2, 0.25) is 5.88 Å². The number of nitrogens with one attached hydrogen (secondary N) is 1. The number of rotatable bonds is 5. The van der Waals surface area contributed by atoms with Gasteiger partial charge in [0.1, 0.15) is 17.7 Å². The molecule has 0 unspecified atom stereocenters. The summed E-state index contributed by atoms with van der Waals surface area (Å²) in [7, 11) is 2.17. The number of likely N-dealkylation sites (tertiary alicyclic amines) is 1. The highest BCUT2D eigenvalue weighted by molar-refractivity contribution is 5.49. The third kappa shape index (κ3) is 3.46. The van der Waals surface area contributed by atoms with Gasteiger partial charge in [-0.15, -0.1) is 0 Å². The Kier molecular flexibility index (Phi) is 4.29. The molecule has 2 fully saturated rings. The molecule has 0 atom stereocenters. The Hall–Kier alpha value is -1.36. The van der Waals surface area contributed by atoms with Gasteiger partial charge in [0.25, 0.3) is 0 Å². The quantitative estimate of drug-likeness (QED) is 0.903. The fourth-order valence-electron chi connectivity index (χ4n) is 2.75. The van der Waals surface area contributed by atoms with Crippen molar-refractivity contribution in [3.8, 4) is 5.88 Å². The number of hydrogen-bond acceptors (Lipinski definition) is 5. The summed E-state index contributed by atoms with van der Waals surface area (Å²) in [6.07, 6.45) is 4.87. The van der Waals surface area contributed by atoms with Crippen molar-refractivity contribution < 1.29 is 4.74 Å². The Morgan fingerprint density at radius 1 is 1.19 bits per heavy atom. The predicted molar refractivity (Wildman–Crippen MR) is 84.1 cm³/mol. The van der Waals surface area contributed by atoms with E-state index in [0.717, 1.165) is 55.6 Å². The molecule has 21 heavy (non-hydrogen) atoms. The first-order valence-corrected chi connectivity index (χ1v) is 8.15. The van der Waals surface area contributed by atoms with Crippen molar-refractivity contribution in [1.82, 2.24) is 14.9 Å². The second-order valence-electron chi connectivity index (χ2n) is 6.29. The lowest BCUT2D eigenvalue weighted by Crippen LogP contribution is -2.36. The Morgan fingerprint density at radius 3 is 2.52 bits per heavy atom. The van der Waals surface area contributed by atoms with Crippen molar-refractivity contribution in [3.63, 3.8) is 0 Å². The van der Waals surface area contributed by atoms with Crippen LogP contribution in [-0.2, 0) is 0 Å². The van der Waals surface area contributed by atoms with Gasteiger partial charge in [0.05, 0.1) is 5.56 Å². The SMILES string of the molecule is CCNc1nc(C2CC2)nc(OC2CCN(C)CC2)c1C. The predicted octanol–water partition coefficient (Wildman–Crippen LogP) is 2.57. The topological polar surface area (TPSA) is 50.3 Å². The average Bonchev–Trinajstić information content (AvgIpc) is 3.30. The second kappa shape index (κ2) is 6.18. The van der Waals surface area contributed by atoms with Gasteiger partial charge in [-0.1, -0.05) is 0 Å². The summed E-state index contributed by atoms with van der Waals surface area (Å²) >= 11 is 0. The lowest BCUT2D eigenvalue weighted by Gasteiger charge is -2.29. The Labute approximate surface area is 127 Å². The van der Waals surface area contributed by atoms with E-state index in [0.29, 0.717) is 5.92 Å². The van der Waals surface area contributed by atoms with Crippen LogP contribution in [0.5, 0.6) is 5.88 Å². The van der Waals surface area contributed by atoms with E-state index in [4.69, 9.17) is 9.72 Å². The molecule has 1 aromatic heterocycles. The summed E-state index contributed by atoms with van der Waals surface area (Å²) < 4.78 is 6.22. The molecule has 1 aromatic rings. The smallest absolute Gasteiger partial charge is 0.222 e. The summed E-state index contributed by atoms with van der Waals surface area (Å²) in [6, 6.07) is 0. The van der Waals surface area contributed by atoms with Crippen LogP contribution < -0.4 is 10.1 Å². The van der Waals surface area contributed by atoms with Gasteiger partial charge in [-0.3, -0.25) is 0 Å². The normalized spacial score (nSPS) is 20.5. The first-order valence-electron chi connectivity index (χ1n) is 8.15. The molecule has 1 saturated carbocycles. The molecule has 0 aromatic carbocycles. The maximum atomic E-state index is 6.22. The minimum Gasteiger partial charge on any atom is -0.474 e. The van der Waals surface area contributed by atoms with E-state index >= 15 is 0 Å². The van der Waals surface area contributed by atoms with Crippen molar-refractivity contribution in [2.75, 3.05) is 32.0 Å². The van der Waals surface area contributed by atoms with E-state index in [1.807, 2.05) is 0 Å². The van der Waals surface area contributed by atoms with Crippen LogP contribution in [0.15, 0.2) is 0 Å². The molecule has 1 aliphatic carbocycles. The maximum Gasteiger partial charge on any atom is 0.222 e. The fraction of sp³-hybridized carbons (Fsp3) is 0.750. The van der Waals surface area contributed by atoms with Crippen LogP contribution in [-0.4, -0.2) is 47.7 Å². The van der Waals surface area contributed by atoms with Crippen molar-refractivity contribution in [2.24, 2.45) is 0 Å². The van der Waals surface area contributed by atoms with Gasteiger partial charge in [0.15, 0.2) is 0 Å². The summed E-state index contributed by atoms with van der Waals surface area (Å²) in [4.78, 5) is 11.7. The average molecular weight is 290 g/mol. The number of piperidine rings is 1. The molecule has 1 saturated heterocycles. The Bertz CT molecular complexity index is 493. The largest absolute Gasteiger partial charge is 0.474 e. The molecular weight excluding hydrogens is 264 g/mol. The summed E-state index contributed by atoms with van der Waals surface area (Å²) in [5, 5.41) is 3.34. The monoisotopic (exact) mass is 290 g/mol. The van der Waals surface area contributed by atoms with Crippen LogP contribution in [0.3, 0.4) is 0 Å². The number of nitrogens with zero attached hydrogens (tertiary/aromatic N) is 3. The molecule has 0 amide bonds. The lowest BCUT2D eigenvalue weighted by molar-refractivity contribution is 0.109. The highest BCUT2D eigenvalue weighted by Crippen LogP contribution is 2.40. The molecular formula is C16H26N4O. The van der Waals surface area contributed by atoms with Crippen LogP contribution in [0.2, 0.25) is 0 Å². The molecule has 1 aliphatic heterocycles. The molecule has 2 aliphatic rings. The minimum absolute atomic E-state index is 0.288. The van der Waals surface area contributed by atoms with Gasteiger partial charge in [-0.25, -0.2) is 4.98 Å². The van der Waals surface area contributed by atoms with Crippen LogP contribution in [0, 0.1) is 6.92 Å². The van der Waals surface area contributed by atoms with E-state index in [-0.39, 0.29) is 6.10 Å². The molecule has 0 radical (unpaired) electrons. The number of anilines is 1. The molecule has 0 bridgehead atoms. The maximum absolute atomic E-state index is 6.22. The van der Waals surface area contributed by atoms with E-state index in [9.17, 15) is 0 Å². The van der Waals surface area contributed by atoms with E-state index in [1.54, 1.807) is 0 Å². The van der Waals surface area contributed by atoms with Crippen LogP contribution in [0.1, 0.15) is 49.9 Å². The standard InChI is InChI=1S/C16H26N4O/c1-4-17-14-11(2)16(19-15(18-14)12-5-6-12)21-13-7-9-20(3)10-8-13/h12-13H,4-10H2,1-3H3,(H,17,18,19). The number of aromatic nitrogens is 2. The summed E-state index contributed by atoms with van der Waals surface area (Å²) in [5.41, 5.74) is 1.04. The van der Waals surface area contributed by atoms with Crippen molar-refractivity contribution >= 4 is 5.82 Å². The Morgan fingerprint density at radius 2 is 1.90 bits per heavy atom. The minimum atomic E-state index is 0.288. The summed E-state index contributed by atoms with van der Waals surface area (Å²) in [5.74, 6) is 3.23. The molecule has 5 heteroatoms. The van der Waals surface area contributed by atoms with E-state index in [1.165, 1.54) is 12.8 Å². The lowest BCUT2D eigenvalue weighted by atomic mass is 10.1. The van der Waals surface area contributed by atoms with Crippen LogP contribution in [0.4, 0.5) is 5.82 Å².